The maximum atomic E-state index is 12.4. The summed E-state index contributed by atoms with van der Waals surface area (Å²) in [7, 11) is 3.85. The maximum Gasteiger partial charge on any atom is 0.309 e. The van der Waals surface area contributed by atoms with Gasteiger partial charge in [0.25, 0.3) is 0 Å². The van der Waals surface area contributed by atoms with Gasteiger partial charge in [0.15, 0.2) is 0 Å². The van der Waals surface area contributed by atoms with Gasteiger partial charge in [-0.15, -0.1) is 0 Å². The zero-order chi connectivity index (χ0) is 17.2. The van der Waals surface area contributed by atoms with E-state index < -0.39 is 41.1 Å². The fourth-order valence-corrected chi connectivity index (χ4v) is 4.38. The highest BCUT2D eigenvalue weighted by Crippen LogP contribution is 2.61. The number of carbonyl (C=O) groups is 4. The molecule has 23 heavy (non-hydrogen) atoms. The Balaban J connectivity index is 2.38. The molecule has 0 aliphatic heterocycles. The second-order valence-corrected chi connectivity index (χ2v) is 6.19. The van der Waals surface area contributed by atoms with Crippen LogP contribution in [0.4, 0.5) is 0 Å². The van der Waals surface area contributed by atoms with Crippen LogP contribution in [-0.2, 0) is 33.4 Å². The Morgan fingerprint density at radius 2 is 1.74 bits per heavy atom. The van der Waals surface area contributed by atoms with Gasteiger partial charge in [0.1, 0.15) is 5.78 Å². The van der Waals surface area contributed by atoms with Crippen molar-refractivity contribution in [3.63, 3.8) is 0 Å². The Morgan fingerprint density at radius 3 is 2.30 bits per heavy atom. The lowest BCUT2D eigenvalue weighted by atomic mass is 9.69. The van der Waals surface area contributed by atoms with E-state index in [0.717, 1.165) is 0 Å². The molecule has 0 saturated heterocycles. The summed E-state index contributed by atoms with van der Waals surface area (Å²) in [6.45, 7) is 0. The Morgan fingerprint density at radius 1 is 1.09 bits per heavy atom. The van der Waals surface area contributed by atoms with Gasteiger partial charge in [-0.25, -0.2) is 0 Å². The molecule has 4 atom stereocenters. The van der Waals surface area contributed by atoms with Gasteiger partial charge in [-0.2, -0.15) is 0 Å². The van der Waals surface area contributed by atoms with Gasteiger partial charge in [0.05, 0.1) is 33.2 Å². The van der Waals surface area contributed by atoms with Crippen LogP contribution >= 0.6 is 0 Å². The van der Waals surface area contributed by atoms with Gasteiger partial charge in [-0.05, 0) is 24.7 Å². The van der Waals surface area contributed by atoms with Crippen LogP contribution in [0.5, 0.6) is 0 Å². The average Bonchev–Trinajstić information content (AvgIpc) is 3.07. The van der Waals surface area contributed by atoms with Crippen molar-refractivity contribution < 1.29 is 33.4 Å². The fraction of sp³-hybridized carbons (Fsp3) is 0.750. The van der Waals surface area contributed by atoms with Gasteiger partial charge >= 0.3 is 17.9 Å². The number of ketones is 1. The molecule has 2 aliphatic rings. The quantitative estimate of drug-likeness (QED) is 0.547. The first-order chi connectivity index (χ1) is 10.9. The number of Topliss-reactive ketones (excluding diaryl/α,β-unsaturated/α-hetero) is 1. The number of ether oxygens (including phenoxy) is 3. The molecular formula is C16H22O7. The minimum Gasteiger partial charge on any atom is -0.469 e. The standard InChI is InChI=1S/C16H22O7/c1-21-12(18)5-7-16-6-4-11(17)13(16)9(14(19)22-2)8-10(16)15(20)23-3/h9-10,13H,4-8H2,1-3H3/t9-,10-,13?,16?/m0/s1. The van der Waals surface area contributed by atoms with E-state index in [4.69, 9.17) is 9.47 Å². The zero-order valence-electron chi connectivity index (χ0n) is 13.6. The molecule has 2 fully saturated rings. The number of hydrogen-bond donors (Lipinski definition) is 0. The van der Waals surface area contributed by atoms with Gasteiger partial charge in [-0.1, -0.05) is 0 Å². The second-order valence-electron chi connectivity index (χ2n) is 6.19. The molecule has 2 aliphatic carbocycles. The molecule has 7 heteroatoms. The van der Waals surface area contributed by atoms with Crippen molar-refractivity contribution in [2.75, 3.05) is 21.3 Å². The third-order valence-corrected chi connectivity index (χ3v) is 5.40. The van der Waals surface area contributed by atoms with Gasteiger partial charge in [0, 0.05) is 18.8 Å². The SMILES string of the molecule is COC(=O)CCC12CCC(=O)C1[C@@H](C(=O)OC)C[C@H]2C(=O)OC. The summed E-state index contributed by atoms with van der Waals surface area (Å²) < 4.78 is 14.4. The molecule has 128 valence electrons. The van der Waals surface area contributed by atoms with Crippen LogP contribution in [0.1, 0.15) is 32.1 Å². The average molecular weight is 326 g/mol. The van der Waals surface area contributed by atoms with Gasteiger partial charge in [-0.3, -0.25) is 19.2 Å². The second kappa shape index (κ2) is 6.68. The van der Waals surface area contributed by atoms with Crippen molar-refractivity contribution in [2.24, 2.45) is 23.2 Å². The highest BCUT2D eigenvalue weighted by atomic mass is 16.5. The largest absolute Gasteiger partial charge is 0.469 e. The van der Waals surface area contributed by atoms with E-state index in [-0.39, 0.29) is 18.6 Å². The summed E-state index contributed by atoms with van der Waals surface area (Å²) in [5.74, 6) is -3.21. The summed E-state index contributed by atoms with van der Waals surface area (Å²) in [5.41, 5.74) is -0.725. The van der Waals surface area contributed by atoms with Crippen LogP contribution in [0.15, 0.2) is 0 Å². The molecule has 0 heterocycles. The van der Waals surface area contributed by atoms with Crippen LogP contribution < -0.4 is 0 Å². The smallest absolute Gasteiger partial charge is 0.309 e. The molecular weight excluding hydrogens is 304 g/mol. The highest BCUT2D eigenvalue weighted by molar-refractivity contribution is 5.92. The first-order valence-electron chi connectivity index (χ1n) is 7.66. The molecule has 0 bridgehead atoms. The Kier molecular flexibility index (Phi) is 5.06. The van der Waals surface area contributed by atoms with E-state index in [9.17, 15) is 19.2 Å². The van der Waals surface area contributed by atoms with Crippen LogP contribution in [0.25, 0.3) is 0 Å². The molecule has 2 saturated carbocycles. The lowest BCUT2D eigenvalue weighted by Gasteiger charge is -2.33. The number of esters is 3. The van der Waals surface area contributed by atoms with Crippen molar-refractivity contribution in [3.05, 3.63) is 0 Å². The molecule has 2 rings (SSSR count). The summed E-state index contributed by atoms with van der Waals surface area (Å²) >= 11 is 0. The van der Waals surface area contributed by atoms with E-state index in [2.05, 4.69) is 4.74 Å². The molecule has 7 nitrogen and oxygen atoms in total. The molecule has 0 spiro atoms. The monoisotopic (exact) mass is 326 g/mol. The summed E-state index contributed by atoms with van der Waals surface area (Å²) in [6, 6.07) is 0. The molecule has 2 unspecified atom stereocenters. The van der Waals surface area contributed by atoms with Crippen LogP contribution in [0.3, 0.4) is 0 Å². The normalized spacial score (nSPS) is 32.3. The van der Waals surface area contributed by atoms with E-state index in [1.165, 1.54) is 21.3 Å². The number of carbonyl (C=O) groups excluding carboxylic acids is 4. The van der Waals surface area contributed by atoms with E-state index in [1.807, 2.05) is 0 Å². The lowest BCUT2D eigenvalue weighted by Crippen LogP contribution is -2.37. The number of hydrogen-bond acceptors (Lipinski definition) is 7. The Labute approximate surface area is 134 Å². The minimum atomic E-state index is -0.725. The van der Waals surface area contributed by atoms with E-state index in [0.29, 0.717) is 19.3 Å². The van der Waals surface area contributed by atoms with E-state index >= 15 is 0 Å². The molecule has 0 amide bonds. The van der Waals surface area contributed by atoms with E-state index in [1.54, 1.807) is 0 Å². The fourth-order valence-electron chi connectivity index (χ4n) is 4.38. The number of methoxy groups -OCH3 is 3. The zero-order valence-corrected chi connectivity index (χ0v) is 13.6. The lowest BCUT2D eigenvalue weighted by molar-refractivity contribution is -0.152. The topological polar surface area (TPSA) is 96.0 Å². The van der Waals surface area contributed by atoms with Gasteiger partial charge < -0.3 is 14.2 Å². The van der Waals surface area contributed by atoms with Crippen LogP contribution in [0, 0.1) is 23.2 Å². The Bertz CT molecular complexity index is 527. The number of fused-ring (bicyclic) bond motifs is 1. The van der Waals surface area contributed by atoms with Crippen LogP contribution in [0.2, 0.25) is 0 Å². The summed E-state index contributed by atoms with van der Waals surface area (Å²) in [5, 5.41) is 0. The molecule has 0 aromatic rings. The molecule has 0 aromatic heterocycles. The van der Waals surface area contributed by atoms with Crippen LogP contribution in [-0.4, -0.2) is 45.0 Å². The van der Waals surface area contributed by atoms with Gasteiger partial charge in [0.2, 0.25) is 0 Å². The van der Waals surface area contributed by atoms with Crippen molar-refractivity contribution in [3.8, 4) is 0 Å². The third kappa shape index (κ3) is 2.84. The predicted octanol–water partition coefficient (Wildman–Crippen LogP) is 0.887. The van der Waals surface area contributed by atoms with Crippen molar-refractivity contribution in [1.29, 1.82) is 0 Å². The summed E-state index contributed by atoms with van der Waals surface area (Å²) in [4.78, 5) is 48.2. The minimum absolute atomic E-state index is 0.0448. The third-order valence-electron chi connectivity index (χ3n) is 5.40. The first-order valence-corrected chi connectivity index (χ1v) is 7.66. The molecule has 0 aromatic carbocycles. The Hall–Kier alpha value is -1.92. The maximum absolute atomic E-state index is 12.4. The first kappa shape index (κ1) is 17.4. The predicted molar refractivity (Wildman–Crippen MR) is 77.0 cm³/mol. The molecule has 0 N–H and O–H groups in total. The highest BCUT2D eigenvalue weighted by Gasteiger charge is 2.64. The van der Waals surface area contributed by atoms with Crippen molar-refractivity contribution >= 4 is 23.7 Å². The molecule has 0 radical (unpaired) electrons. The summed E-state index contributed by atoms with van der Waals surface area (Å²) in [6.07, 6.45) is 1.41. The van der Waals surface area contributed by atoms with Crippen molar-refractivity contribution in [2.45, 2.75) is 32.1 Å². The number of rotatable bonds is 5. The van der Waals surface area contributed by atoms with Crippen molar-refractivity contribution in [1.82, 2.24) is 0 Å².